The number of nitrogens with one attached hydrogen (secondary N) is 1. The maximum atomic E-state index is 3.44. The predicted molar refractivity (Wildman–Crippen MR) is 49.0 cm³/mol. The van der Waals surface area contributed by atoms with Gasteiger partial charge in [-0.15, -0.1) is 11.3 Å². The minimum atomic E-state index is 1.08. The second kappa shape index (κ2) is 3.37. The van der Waals surface area contributed by atoms with Crippen LogP contribution in [0.25, 0.3) is 0 Å². The number of aryl methyl sites for hydroxylation is 1. The van der Waals surface area contributed by atoms with Gasteiger partial charge in [0.1, 0.15) is 0 Å². The van der Waals surface area contributed by atoms with E-state index in [9.17, 15) is 0 Å². The van der Waals surface area contributed by atoms with Gasteiger partial charge in [-0.1, -0.05) is 0 Å². The SMILES string of the molecule is c1cc2c(s1)CCCCNC2. The molecular formula is C9H13NS. The number of fused-ring (bicyclic) bond motifs is 1. The van der Waals surface area contributed by atoms with Crippen LogP contribution in [-0.2, 0) is 13.0 Å². The van der Waals surface area contributed by atoms with Gasteiger partial charge in [-0.25, -0.2) is 0 Å². The lowest BCUT2D eigenvalue weighted by Crippen LogP contribution is -2.17. The Morgan fingerprint density at radius 3 is 3.36 bits per heavy atom. The van der Waals surface area contributed by atoms with E-state index < -0.39 is 0 Å². The van der Waals surface area contributed by atoms with Crippen LogP contribution in [0.2, 0.25) is 0 Å². The van der Waals surface area contributed by atoms with Crippen molar-refractivity contribution in [3.8, 4) is 0 Å². The summed E-state index contributed by atoms with van der Waals surface area (Å²) in [6, 6.07) is 2.25. The highest BCUT2D eigenvalue weighted by molar-refractivity contribution is 7.10. The lowest BCUT2D eigenvalue weighted by Gasteiger charge is -2.09. The first-order chi connectivity index (χ1) is 5.47. The molecule has 1 N–H and O–H groups in total. The van der Waals surface area contributed by atoms with E-state index in [-0.39, 0.29) is 0 Å². The van der Waals surface area contributed by atoms with Crippen LogP contribution in [0.5, 0.6) is 0 Å². The van der Waals surface area contributed by atoms with Gasteiger partial charge in [-0.3, -0.25) is 0 Å². The van der Waals surface area contributed by atoms with Gasteiger partial charge in [0.05, 0.1) is 0 Å². The molecule has 1 aliphatic heterocycles. The van der Waals surface area contributed by atoms with Crippen molar-refractivity contribution < 1.29 is 0 Å². The van der Waals surface area contributed by atoms with E-state index in [4.69, 9.17) is 0 Å². The maximum Gasteiger partial charge on any atom is 0.0216 e. The lowest BCUT2D eigenvalue weighted by molar-refractivity contribution is 0.603. The summed E-state index contributed by atoms with van der Waals surface area (Å²) in [5.74, 6) is 0. The maximum absolute atomic E-state index is 3.44. The van der Waals surface area contributed by atoms with Crippen molar-refractivity contribution in [3.63, 3.8) is 0 Å². The Morgan fingerprint density at radius 2 is 2.36 bits per heavy atom. The van der Waals surface area contributed by atoms with Crippen LogP contribution in [0, 0.1) is 0 Å². The molecule has 0 spiro atoms. The first-order valence-electron chi connectivity index (χ1n) is 4.23. The molecule has 0 unspecified atom stereocenters. The fraction of sp³-hybridized carbons (Fsp3) is 0.556. The first kappa shape index (κ1) is 7.32. The molecule has 0 aliphatic carbocycles. The van der Waals surface area contributed by atoms with Gasteiger partial charge in [0.15, 0.2) is 0 Å². The van der Waals surface area contributed by atoms with Crippen molar-refractivity contribution in [2.24, 2.45) is 0 Å². The van der Waals surface area contributed by atoms with Crippen molar-refractivity contribution in [3.05, 3.63) is 21.9 Å². The molecule has 1 aliphatic rings. The summed E-state index contributed by atoms with van der Waals surface area (Å²) in [6.45, 7) is 2.27. The summed E-state index contributed by atoms with van der Waals surface area (Å²) in [7, 11) is 0. The topological polar surface area (TPSA) is 12.0 Å². The zero-order valence-corrected chi connectivity index (χ0v) is 7.41. The minimum absolute atomic E-state index is 1.08. The Labute approximate surface area is 71.4 Å². The Balaban J connectivity index is 2.18. The van der Waals surface area contributed by atoms with Crippen LogP contribution in [-0.4, -0.2) is 6.54 Å². The van der Waals surface area contributed by atoms with Gasteiger partial charge in [0.2, 0.25) is 0 Å². The molecule has 1 nitrogen and oxygen atoms in total. The molecule has 11 heavy (non-hydrogen) atoms. The zero-order valence-electron chi connectivity index (χ0n) is 6.60. The number of hydrogen-bond acceptors (Lipinski definition) is 2. The molecule has 0 aromatic carbocycles. The summed E-state index contributed by atoms with van der Waals surface area (Å²) in [5.41, 5.74) is 1.52. The highest BCUT2D eigenvalue weighted by atomic mass is 32.1. The fourth-order valence-corrected chi connectivity index (χ4v) is 2.45. The van der Waals surface area contributed by atoms with Gasteiger partial charge in [-0.2, -0.15) is 0 Å². The molecule has 0 bridgehead atoms. The number of thiophene rings is 1. The monoisotopic (exact) mass is 167 g/mol. The molecule has 2 heteroatoms. The Bertz CT molecular complexity index is 207. The molecule has 0 saturated carbocycles. The highest BCUT2D eigenvalue weighted by Gasteiger charge is 2.05. The molecule has 0 amide bonds. The van der Waals surface area contributed by atoms with E-state index in [1.807, 2.05) is 11.3 Å². The normalized spacial score (nSPS) is 18.5. The quantitative estimate of drug-likeness (QED) is 0.624. The number of rotatable bonds is 0. The summed E-state index contributed by atoms with van der Waals surface area (Å²) in [5, 5.41) is 5.64. The van der Waals surface area contributed by atoms with E-state index in [0.29, 0.717) is 0 Å². The Hall–Kier alpha value is -0.340. The van der Waals surface area contributed by atoms with Crippen LogP contribution in [0.4, 0.5) is 0 Å². The lowest BCUT2D eigenvalue weighted by atomic mass is 10.1. The largest absolute Gasteiger partial charge is 0.313 e. The first-order valence-corrected chi connectivity index (χ1v) is 5.11. The van der Waals surface area contributed by atoms with Crippen LogP contribution >= 0.6 is 11.3 Å². The molecule has 1 aromatic rings. The number of hydrogen-bond donors (Lipinski definition) is 1. The van der Waals surface area contributed by atoms with Crippen molar-refractivity contribution in [1.82, 2.24) is 5.32 Å². The van der Waals surface area contributed by atoms with Gasteiger partial charge in [0.25, 0.3) is 0 Å². The van der Waals surface area contributed by atoms with E-state index >= 15 is 0 Å². The molecular weight excluding hydrogens is 154 g/mol. The summed E-state index contributed by atoms with van der Waals surface area (Å²) in [6.07, 6.45) is 3.98. The van der Waals surface area contributed by atoms with Gasteiger partial charge in [-0.05, 0) is 42.8 Å². The minimum Gasteiger partial charge on any atom is -0.313 e. The Kier molecular flexibility index (Phi) is 2.24. The molecule has 0 fully saturated rings. The predicted octanol–water partition coefficient (Wildman–Crippen LogP) is 2.17. The fourth-order valence-electron chi connectivity index (χ4n) is 1.50. The van der Waals surface area contributed by atoms with Gasteiger partial charge in [0, 0.05) is 11.4 Å². The zero-order chi connectivity index (χ0) is 7.52. The highest BCUT2D eigenvalue weighted by Crippen LogP contribution is 2.20. The van der Waals surface area contributed by atoms with Gasteiger partial charge < -0.3 is 5.32 Å². The second-order valence-electron chi connectivity index (χ2n) is 3.00. The van der Waals surface area contributed by atoms with Crippen LogP contribution in [0.15, 0.2) is 11.4 Å². The molecule has 2 rings (SSSR count). The van der Waals surface area contributed by atoms with Crippen LogP contribution < -0.4 is 5.32 Å². The molecule has 1 aromatic heterocycles. The van der Waals surface area contributed by atoms with Crippen LogP contribution in [0.3, 0.4) is 0 Å². The summed E-state index contributed by atoms with van der Waals surface area (Å²) in [4.78, 5) is 1.59. The summed E-state index contributed by atoms with van der Waals surface area (Å²) >= 11 is 1.91. The molecule has 60 valence electrons. The van der Waals surface area contributed by atoms with Crippen molar-refractivity contribution >= 4 is 11.3 Å². The van der Waals surface area contributed by atoms with E-state index in [1.165, 1.54) is 31.4 Å². The van der Waals surface area contributed by atoms with Crippen molar-refractivity contribution in [2.45, 2.75) is 25.8 Å². The van der Waals surface area contributed by atoms with Crippen molar-refractivity contribution in [1.29, 1.82) is 0 Å². The molecule has 0 saturated heterocycles. The average molecular weight is 167 g/mol. The summed E-state index contributed by atoms with van der Waals surface area (Å²) < 4.78 is 0. The molecule has 0 atom stereocenters. The second-order valence-corrected chi connectivity index (χ2v) is 4.00. The Morgan fingerprint density at radius 1 is 1.36 bits per heavy atom. The average Bonchev–Trinajstić information content (AvgIpc) is 2.35. The van der Waals surface area contributed by atoms with E-state index in [1.54, 1.807) is 4.88 Å². The molecule has 2 heterocycles. The van der Waals surface area contributed by atoms with E-state index in [0.717, 1.165) is 6.54 Å². The third-order valence-electron chi connectivity index (χ3n) is 2.16. The van der Waals surface area contributed by atoms with Gasteiger partial charge >= 0.3 is 0 Å². The smallest absolute Gasteiger partial charge is 0.0216 e. The standard InChI is InChI=1S/C9H13NS/c1-2-5-10-7-8-4-6-11-9(8)3-1/h4,6,10H,1-3,5,7H2. The van der Waals surface area contributed by atoms with Crippen molar-refractivity contribution in [2.75, 3.05) is 6.54 Å². The third-order valence-corrected chi connectivity index (χ3v) is 3.18. The molecule has 0 radical (unpaired) electrons. The third kappa shape index (κ3) is 1.63. The van der Waals surface area contributed by atoms with Crippen LogP contribution in [0.1, 0.15) is 23.3 Å². The van der Waals surface area contributed by atoms with E-state index in [2.05, 4.69) is 16.8 Å².